The molecule has 0 radical (unpaired) electrons. The van der Waals surface area contributed by atoms with Crippen molar-refractivity contribution in [3.05, 3.63) is 58.7 Å². The van der Waals surface area contributed by atoms with Crippen LogP contribution in [-0.2, 0) is 16.0 Å². The molecule has 0 spiro atoms. The van der Waals surface area contributed by atoms with Crippen LogP contribution < -0.4 is 9.64 Å². The van der Waals surface area contributed by atoms with E-state index < -0.39 is 17.0 Å². The predicted molar refractivity (Wildman–Crippen MR) is 143 cm³/mol. The number of carboxylic acid groups (broad SMARTS) is 1. The van der Waals surface area contributed by atoms with E-state index in [1.54, 1.807) is 7.11 Å². The molecule has 2 aromatic rings. The van der Waals surface area contributed by atoms with Crippen molar-refractivity contribution < 1.29 is 24.2 Å². The molecule has 198 valence electrons. The van der Waals surface area contributed by atoms with E-state index >= 15 is 0 Å². The summed E-state index contributed by atoms with van der Waals surface area (Å²) in [7, 11) is 1.65. The molecule has 0 saturated heterocycles. The Hall–Kier alpha value is -3.02. The number of nitrogens with zero attached hydrogens (tertiary/aromatic N) is 1. The molecule has 0 amide bonds. The average molecular weight is 506 g/mol. The molecule has 2 heterocycles. The first-order valence-electron chi connectivity index (χ1n) is 13.5. The summed E-state index contributed by atoms with van der Waals surface area (Å²) in [6.45, 7) is 7.81. The molecule has 1 aliphatic carbocycles. The van der Waals surface area contributed by atoms with Gasteiger partial charge >= 0.3 is 11.9 Å². The van der Waals surface area contributed by atoms with Crippen molar-refractivity contribution in [2.75, 3.05) is 18.6 Å². The van der Waals surface area contributed by atoms with Gasteiger partial charge in [0.05, 0.1) is 24.1 Å². The third kappa shape index (κ3) is 4.71. The molecular formula is C31H39NO5. The first kappa shape index (κ1) is 25.6. The summed E-state index contributed by atoms with van der Waals surface area (Å²) in [6.07, 6.45) is 6.49. The van der Waals surface area contributed by atoms with Gasteiger partial charge in [-0.15, -0.1) is 0 Å². The first-order valence-corrected chi connectivity index (χ1v) is 13.5. The van der Waals surface area contributed by atoms with Crippen LogP contribution in [0.15, 0.2) is 36.4 Å². The number of benzene rings is 2. The van der Waals surface area contributed by atoms with E-state index in [1.807, 2.05) is 52.0 Å². The van der Waals surface area contributed by atoms with Gasteiger partial charge in [0, 0.05) is 18.2 Å². The van der Waals surface area contributed by atoms with Crippen LogP contribution >= 0.6 is 0 Å². The third-order valence-electron chi connectivity index (χ3n) is 8.45. The fraction of sp³-hybridized carbons (Fsp3) is 0.548. The number of anilines is 1. The number of carbonyl (C=O) groups excluding carboxylic acids is 1. The van der Waals surface area contributed by atoms with E-state index in [9.17, 15) is 14.7 Å². The van der Waals surface area contributed by atoms with E-state index in [1.165, 1.54) is 43.2 Å². The average Bonchev–Trinajstić information content (AvgIpc) is 3.08. The van der Waals surface area contributed by atoms with Crippen molar-refractivity contribution in [1.29, 1.82) is 0 Å². The monoisotopic (exact) mass is 505 g/mol. The quantitative estimate of drug-likeness (QED) is 0.477. The van der Waals surface area contributed by atoms with E-state index in [4.69, 9.17) is 9.47 Å². The van der Waals surface area contributed by atoms with Crippen molar-refractivity contribution in [1.82, 2.24) is 0 Å². The molecule has 1 fully saturated rings. The molecular weight excluding hydrogens is 466 g/mol. The second-order valence-electron chi connectivity index (χ2n) is 12.4. The van der Waals surface area contributed by atoms with Crippen LogP contribution in [0.4, 0.5) is 5.69 Å². The van der Waals surface area contributed by atoms with Crippen molar-refractivity contribution in [2.24, 2.45) is 11.3 Å². The molecule has 2 aliphatic heterocycles. The maximum Gasteiger partial charge on any atom is 0.338 e. The molecule has 0 bridgehead atoms. The van der Waals surface area contributed by atoms with Crippen LogP contribution in [0.3, 0.4) is 0 Å². The Morgan fingerprint density at radius 3 is 2.38 bits per heavy atom. The Balaban J connectivity index is 1.68. The largest absolute Gasteiger partial charge is 0.497 e. The van der Waals surface area contributed by atoms with E-state index in [-0.39, 0.29) is 17.9 Å². The highest BCUT2D eigenvalue weighted by molar-refractivity contribution is 5.92. The molecule has 5 rings (SSSR count). The van der Waals surface area contributed by atoms with Crippen molar-refractivity contribution in [3.63, 3.8) is 0 Å². The number of fused-ring (bicyclic) bond motifs is 5. The van der Waals surface area contributed by atoms with Crippen LogP contribution in [0.5, 0.6) is 5.75 Å². The fourth-order valence-corrected chi connectivity index (χ4v) is 6.75. The van der Waals surface area contributed by atoms with E-state index in [2.05, 4.69) is 17.0 Å². The number of aliphatic carboxylic acids is 1. The predicted octanol–water partition coefficient (Wildman–Crippen LogP) is 6.52. The van der Waals surface area contributed by atoms with Crippen molar-refractivity contribution in [3.8, 4) is 5.75 Å². The molecule has 1 saturated carbocycles. The maximum atomic E-state index is 13.0. The minimum absolute atomic E-state index is 0.0223. The zero-order valence-corrected chi connectivity index (χ0v) is 22.7. The number of hydrogen-bond donors (Lipinski definition) is 1. The Kier molecular flexibility index (Phi) is 6.49. The lowest BCUT2D eigenvalue weighted by molar-refractivity contribution is -0.147. The summed E-state index contributed by atoms with van der Waals surface area (Å²) >= 11 is 0. The van der Waals surface area contributed by atoms with Gasteiger partial charge in [0.25, 0.3) is 0 Å². The lowest BCUT2D eigenvalue weighted by Gasteiger charge is -2.37. The summed E-state index contributed by atoms with van der Waals surface area (Å²) < 4.78 is 11.2. The standard InChI is InChI=1S/C31H39NO5/c1-30(2,3)37-28(33)20-11-13-24-25(16-20)32-18-31(4,29(34)35)17-21-15-22(36-5)12-14-23(21)27(32)26(24)19-9-7-6-8-10-19/h11-16,19,26-27H,6-10,17-18H2,1-5H3,(H,34,35)/t26?,27?,31-/m0/s1. The molecule has 6 heteroatoms. The maximum absolute atomic E-state index is 13.0. The number of carbonyl (C=O) groups is 2. The number of ether oxygens (including phenoxy) is 2. The Morgan fingerprint density at radius 1 is 1.03 bits per heavy atom. The smallest absolute Gasteiger partial charge is 0.338 e. The number of rotatable bonds is 4. The SMILES string of the molecule is COc1ccc2c(c1)C[C@](C)(C(=O)O)CN1c3cc(C(=O)OC(C)(C)C)ccc3C(C3CCCCC3)C21. The second kappa shape index (κ2) is 9.38. The van der Waals surface area contributed by atoms with Gasteiger partial charge in [0.15, 0.2) is 0 Å². The van der Waals surface area contributed by atoms with E-state index in [0.717, 1.165) is 17.0 Å². The lowest BCUT2D eigenvalue weighted by atomic mass is 9.72. The number of methoxy groups -OCH3 is 1. The minimum Gasteiger partial charge on any atom is -0.497 e. The Morgan fingerprint density at radius 2 is 1.73 bits per heavy atom. The zero-order valence-electron chi connectivity index (χ0n) is 22.7. The summed E-state index contributed by atoms with van der Waals surface area (Å²) in [4.78, 5) is 28.0. The van der Waals surface area contributed by atoms with Crippen LogP contribution in [-0.4, -0.2) is 36.3 Å². The van der Waals surface area contributed by atoms with Gasteiger partial charge in [-0.3, -0.25) is 4.79 Å². The molecule has 37 heavy (non-hydrogen) atoms. The molecule has 3 aliphatic rings. The Labute approximate surface area is 220 Å². The van der Waals surface area contributed by atoms with E-state index in [0.29, 0.717) is 24.4 Å². The van der Waals surface area contributed by atoms with Gasteiger partial charge in [-0.05, 0) is 93.8 Å². The van der Waals surface area contributed by atoms with Gasteiger partial charge < -0.3 is 19.5 Å². The third-order valence-corrected chi connectivity index (χ3v) is 8.45. The first-order chi connectivity index (χ1) is 17.5. The molecule has 2 aromatic carbocycles. The molecule has 0 aromatic heterocycles. The second-order valence-corrected chi connectivity index (χ2v) is 12.4. The van der Waals surface area contributed by atoms with Gasteiger partial charge in [0.1, 0.15) is 11.4 Å². The minimum atomic E-state index is -0.990. The summed E-state index contributed by atoms with van der Waals surface area (Å²) in [5.41, 5.74) is 3.34. The number of esters is 1. The van der Waals surface area contributed by atoms with Crippen molar-refractivity contribution >= 4 is 17.6 Å². The zero-order chi connectivity index (χ0) is 26.5. The summed E-state index contributed by atoms with van der Waals surface area (Å²) in [5, 5.41) is 10.4. The lowest BCUT2D eigenvalue weighted by Crippen LogP contribution is -2.41. The van der Waals surface area contributed by atoms with Gasteiger partial charge in [-0.25, -0.2) is 4.79 Å². The topological polar surface area (TPSA) is 76.1 Å². The van der Waals surface area contributed by atoms with Gasteiger partial charge in [0.2, 0.25) is 0 Å². The molecule has 6 nitrogen and oxygen atoms in total. The van der Waals surface area contributed by atoms with Gasteiger partial charge in [-0.1, -0.05) is 31.4 Å². The highest BCUT2D eigenvalue weighted by atomic mass is 16.6. The normalized spacial score (nSPS) is 25.5. The van der Waals surface area contributed by atoms with Crippen LogP contribution in [0.2, 0.25) is 0 Å². The highest BCUT2D eigenvalue weighted by Gasteiger charge is 2.50. The number of hydrogen-bond acceptors (Lipinski definition) is 5. The molecule has 3 atom stereocenters. The Bertz CT molecular complexity index is 1210. The molecule has 2 unspecified atom stereocenters. The summed E-state index contributed by atoms with van der Waals surface area (Å²) in [5.74, 6) is 0.337. The molecule has 1 N–H and O–H groups in total. The fourth-order valence-electron chi connectivity index (χ4n) is 6.75. The van der Waals surface area contributed by atoms with Gasteiger partial charge in [-0.2, -0.15) is 0 Å². The summed E-state index contributed by atoms with van der Waals surface area (Å²) in [6, 6.07) is 12.1. The van der Waals surface area contributed by atoms with Crippen LogP contribution in [0.25, 0.3) is 0 Å². The van der Waals surface area contributed by atoms with Crippen LogP contribution in [0.1, 0.15) is 98.8 Å². The van der Waals surface area contributed by atoms with Crippen LogP contribution in [0, 0.1) is 11.3 Å². The van der Waals surface area contributed by atoms with Crippen molar-refractivity contribution in [2.45, 2.75) is 83.8 Å². The highest BCUT2D eigenvalue weighted by Crippen LogP contribution is 2.58. The number of carboxylic acids is 1.